The van der Waals surface area contributed by atoms with Crippen molar-refractivity contribution in [1.82, 2.24) is 0 Å². The Morgan fingerprint density at radius 2 is 2.25 bits per heavy atom. The molecular weight excluding hydrogens is 152 g/mol. The predicted molar refractivity (Wildman–Crippen MR) is 49.8 cm³/mol. The van der Waals surface area contributed by atoms with Gasteiger partial charge in [0.15, 0.2) is 0 Å². The van der Waals surface area contributed by atoms with Gasteiger partial charge < -0.3 is 4.74 Å². The zero-order valence-electron chi connectivity index (χ0n) is 7.80. The third kappa shape index (κ3) is 3.96. The zero-order valence-corrected chi connectivity index (χ0v) is 7.80. The van der Waals surface area contributed by atoms with Gasteiger partial charge in [0.2, 0.25) is 0 Å². The minimum atomic E-state index is -0.277. The fourth-order valence-electron chi connectivity index (χ4n) is 0.712. The molecule has 2 heteroatoms. The third-order valence-electron chi connectivity index (χ3n) is 1.50. The van der Waals surface area contributed by atoms with Gasteiger partial charge in [-0.25, -0.2) is 4.79 Å². The topological polar surface area (TPSA) is 26.3 Å². The van der Waals surface area contributed by atoms with Crippen LogP contribution in [-0.4, -0.2) is 12.6 Å². The summed E-state index contributed by atoms with van der Waals surface area (Å²) >= 11 is 0. The Hall–Kier alpha value is -1.05. The molecule has 0 aromatic rings. The fraction of sp³-hybridized carbons (Fsp3) is 0.500. The predicted octanol–water partition coefficient (Wildman–Crippen LogP) is 2.46. The first-order valence-electron chi connectivity index (χ1n) is 4.22. The second-order valence-corrected chi connectivity index (χ2v) is 2.44. The summed E-state index contributed by atoms with van der Waals surface area (Å²) in [5.41, 5.74) is 0.533. The summed E-state index contributed by atoms with van der Waals surface area (Å²) < 4.78 is 4.95. The van der Waals surface area contributed by atoms with Crippen molar-refractivity contribution in [3.05, 3.63) is 24.3 Å². The maximum Gasteiger partial charge on any atom is 0.337 e. The molecule has 0 N–H and O–H groups in total. The molecule has 0 radical (unpaired) electrons. The number of allylic oxidation sites excluding steroid dienone is 1. The van der Waals surface area contributed by atoms with Gasteiger partial charge in [-0.1, -0.05) is 32.1 Å². The molecular formula is C10H16O2. The Labute approximate surface area is 73.9 Å². The Balaban J connectivity index is 3.78. The van der Waals surface area contributed by atoms with Crippen LogP contribution in [0.15, 0.2) is 24.3 Å². The lowest BCUT2D eigenvalue weighted by atomic mass is 10.2. The summed E-state index contributed by atoms with van der Waals surface area (Å²) in [6.45, 7) is 7.86. The Kier molecular flexibility index (Phi) is 6.07. The van der Waals surface area contributed by atoms with Gasteiger partial charge in [0.05, 0.1) is 12.2 Å². The average Bonchev–Trinajstić information content (AvgIpc) is 2.07. The Morgan fingerprint density at radius 3 is 2.67 bits per heavy atom. The number of esters is 1. The molecule has 12 heavy (non-hydrogen) atoms. The standard InChI is InChI=1S/C10H16O2/c1-4-7-8-12-10(11)9(5-2)6-3/h5-6H,2,4,7-8H2,1,3H3. The van der Waals surface area contributed by atoms with Crippen LogP contribution in [0.25, 0.3) is 0 Å². The van der Waals surface area contributed by atoms with E-state index in [0.717, 1.165) is 12.8 Å². The van der Waals surface area contributed by atoms with E-state index in [-0.39, 0.29) is 5.97 Å². The number of hydrogen-bond donors (Lipinski definition) is 0. The highest BCUT2D eigenvalue weighted by Gasteiger charge is 2.04. The largest absolute Gasteiger partial charge is 0.462 e. The van der Waals surface area contributed by atoms with Crippen LogP contribution in [0, 0.1) is 0 Å². The van der Waals surface area contributed by atoms with Gasteiger partial charge in [0, 0.05) is 0 Å². The molecule has 0 aliphatic rings. The third-order valence-corrected chi connectivity index (χ3v) is 1.50. The molecule has 0 atom stereocenters. The highest BCUT2D eigenvalue weighted by molar-refractivity contribution is 5.91. The highest BCUT2D eigenvalue weighted by atomic mass is 16.5. The van der Waals surface area contributed by atoms with Crippen molar-refractivity contribution in [2.45, 2.75) is 26.7 Å². The first kappa shape index (κ1) is 11.0. The van der Waals surface area contributed by atoms with Gasteiger partial charge in [-0.3, -0.25) is 0 Å². The van der Waals surface area contributed by atoms with Gasteiger partial charge in [-0.2, -0.15) is 0 Å². The van der Waals surface area contributed by atoms with E-state index in [2.05, 4.69) is 13.5 Å². The van der Waals surface area contributed by atoms with Crippen LogP contribution in [0.3, 0.4) is 0 Å². The number of carbonyl (C=O) groups excluding carboxylic acids is 1. The molecule has 0 unspecified atom stereocenters. The Bertz CT molecular complexity index is 180. The van der Waals surface area contributed by atoms with Crippen LogP contribution >= 0.6 is 0 Å². The summed E-state index contributed by atoms with van der Waals surface area (Å²) in [6.07, 6.45) is 5.15. The number of ether oxygens (including phenoxy) is 1. The molecule has 0 heterocycles. The first-order chi connectivity index (χ1) is 5.76. The average molecular weight is 168 g/mol. The minimum absolute atomic E-state index is 0.277. The lowest BCUT2D eigenvalue weighted by molar-refractivity contribution is -0.138. The van der Waals surface area contributed by atoms with Crippen molar-refractivity contribution in [2.75, 3.05) is 6.61 Å². The van der Waals surface area contributed by atoms with E-state index in [9.17, 15) is 4.79 Å². The van der Waals surface area contributed by atoms with Crippen LogP contribution in [-0.2, 0) is 9.53 Å². The summed E-state index contributed by atoms with van der Waals surface area (Å²) in [6, 6.07) is 0. The van der Waals surface area contributed by atoms with E-state index in [4.69, 9.17) is 4.74 Å². The van der Waals surface area contributed by atoms with Crippen molar-refractivity contribution >= 4 is 5.97 Å². The molecule has 0 aromatic heterocycles. The summed E-state index contributed by atoms with van der Waals surface area (Å²) in [5.74, 6) is -0.277. The van der Waals surface area contributed by atoms with Crippen molar-refractivity contribution < 1.29 is 9.53 Å². The molecule has 0 saturated heterocycles. The lowest BCUT2D eigenvalue weighted by Gasteiger charge is -2.02. The molecule has 68 valence electrons. The normalized spacial score (nSPS) is 11.0. The van der Waals surface area contributed by atoms with Crippen LogP contribution in [0.2, 0.25) is 0 Å². The number of rotatable bonds is 5. The second kappa shape index (κ2) is 6.65. The van der Waals surface area contributed by atoms with Crippen LogP contribution in [0.1, 0.15) is 26.7 Å². The van der Waals surface area contributed by atoms with Crippen molar-refractivity contribution in [3.63, 3.8) is 0 Å². The van der Waals surface area contributed by atoms with E-state index >= 15 is 0 Å². The molecule has 0 aliphatic carbocycles. The van der Waals surface area contributed by atoms with Crippen molar-refractivity contribution in [3.8, 4) is 0 Å². The molecule has 0 saturated carbocycles. The van der Waals surface area contributed by atoms with E-state index < -0.39 is 0 Å². The van der Waals surface area contributed by atoms with E-state index in [1.165, 1.54) is 6.08 Å². The molecule has 0 aromatic carbocycles. The van der Waals surface area contributed by atoms with E-state index in [1.807, 2.05) is 0 Å². The van der Waals surface area contributed by atoms with E-state index in [1.54, 1.807) is 13.0 Å². The second-order valence-electron chi connectivity index (χ2n) is 2.44. The SMILES string of the molecule is C=CC(=CC)C(=O)OCCCC. The fourth-order valence-corrected chi connectivity index (χ4v) is 0.712. The number of unbranched alkanes of at least 4 members (excludes halogenated alkanes) is 1. The van der Waals surface area contributed by atoms with Gasteiger partial charge in [-0.15, -0.1) is 0 Å². The molecule has 0 amide bonds. The van der Waals surface area contributed by atoms with Gasteiger partial charge in [-0.05, 0) is 13.3 Å². The number of carbonyl (C=O) groups is 1. The maximum atomic E-state index is 11.1. The Morgan fingerprint density at radius 1 is 1.58 bits per heavy atom. The van der Waals surface area contributed by atoms with Gasteiger partial charge in [0.1, 0.15) is 0 Å². The van der Waals surface area contributed by atoms with Gasteiger partial charge >= 0.3 is 5.97 Å². The van der Waals surface area contributed by atoms with E-state index in [0.29, 0.717) is 12.2 Å². The number of hydrogen-bond acceptors (Lipinski definition) is 2. The lowest BCUT2D eigenvalue weighted by Crippen LogP contribution is -2.07. The van der Waals surface area contributed by atoms with Gasteiger partial charge in [0.25, 0.3) is 0 Å². The molecule has 0 fully saturated rings. The highest BCUT2D eigenvalue weighted by Crippen LogP contribution is 2.00. The molecule has 0 spiro atoms. The van der Waals surface area contributed by atoms with Crippen LogP contribution < -0.4 is 0 Å². The molecule has 2 nitrogen and oxygen atoms in total. The smallest absolute Gasteiger partial charge is 0.337 e. The maximum absolute atomic E-state index is 11.1. The van der Waals surface area contributed by atoms with Crippen LogP contribution in [0.4, 0.5) is 0 Å². The minimum Gasteiger partial charge on any atom is -0.462 e. The summed E-state index contributed by atoms with van der Waals surface area (Å²) in [4.78, 5) is 11.1. The quantitative estimate of drug-likeness (QED) is 0.273. The monoisotopic (exact) mass is 168 g/mol. The van der Waals surface area contributed by atoms with Crippen molar-refractivity contribution in [2.24, 2.45) is 0 Å². The summed E-state index contributed by atoms with van der Waals surface area (Å²) in [7, 11) is 0. The van der Waals surface area contributed by atoms with Crippen LogP contribution in [0.5, 0.6) is 0 Å². The first-order valence-corrected chi connectivity index (χ1v) is 4.22. The molecule has 0 bridgehead atoms. The van der Waals surface area contributed by atoms with Crippen molar-refractivity contribution in [1.29, 1.82) is 0 Å². The zero-order chi connectivity index (χ0) is 9.40. The molecule has 0 rings (SSSR count). The molecule has 0 aliphatic heterocycles. The summed E-state index contributed by atoms with van der Waals surface area (Å²) in [5, 5.41) is 0.